The standard InChI is InChI=1S/C22H24N6OS/c1-16-26-18(15-30-16)7-8-22(29)28-10-4-5-17(14-28)11-19-12-25-21(13-24-19)27-20-6-2-3-9-23-20/h2-3,6-9,12-13,15,17H,4-5,10-11,14H2,1H3,(H,23,25,27). The third-order valence-electron chi connectivity index (χ3n) is 4.99. The van der Waals surface area contributed by atoms with E-state index in [-0.39, 0.29) is 5.91 Å². The van der Waals surface area contributed by atoms with Gasteiger partial charge in [-0.25, -0.2) is 15.0 Å². The van der Waals surface area contributed by atoms with E-state index < -0.39 is 0 Å². The van der Waals surface area contributed by atoms with Crippen molar-refractivity contribution in [3.63, 3.8) is 0 Å². The quantitative estimate of drug-likeness (QED) is 0.610. The maximum Gasteiger partial charge on any atom is 0.246 e. The van der Waals surface area contributed by atoms with Gasteiger partial charge in [0.15, 0.2) is 0 Å². The SMILES string of the molecule is Cc1nc(C=CC(=O)N2CCCC(Cc3cnc(Nc4ccccn4)cn3)C2)cs1. The van der Waals surface area contributed by atoms with E-state index in [0.29, 0.717) is 11.7 Å². The van der Waals surface area contributed by atoms with Crippen LogP contribution in [-0.4, -0.2) is 43.8 Å². The molecule has 3 aromatic rings. The third kappa shape index (κ3) is 5.48. The fraction of sp³-hybridized carbons (Fsp3) is 0.318. The molecule has 0 saturated carbocycles. The van der Waals surface area contributed by atoms with E-state index in [1.54, 1.807) is 42.1 Å². The van der Waals surface area contributed by atoms with Gasteiger partial charge in [-0.1, -0.05) is 6.07 Å². The number of pyridine rings is 1. The Hall–Kier alpha value is -3.13. The van der Waals surface area contributed by atoms with E-state index in [0.717, 1.165) is 54.6 Å². The van der Waals surface area contributed by atoms with Gasteiger partial charge in [-0.2, -0.15) is 0 Å². The zero-order valence-corrected chi connectivity index (χ0v) is 17.7. The molecule has 0 radical (unpaired) electrons. The van der Waals surface area contributed by atoms with Crippen molar-refractivity contribution in [2.45, 2.75) is 26.2 Å². The largest absolute Gasteiger partial charge is 0.339 e. The fourth-order valence-electron chi connectivity index (χ4n) is 3.54. The highest BCUT2D eigenvalue weighted by atomic mass is 32.1. The summed E-state index contributed by atoms with van der Waals surface area (Å²) in [6, 6.07) is 5.67. The van der Waals surface area contributed by atoms with Gasteiger partial charge in [0.05, 0.1) is 28.8 Å². The van der Waals surface area contributed by atoms with Crippen LogP contribution < -0.4 is 5.32 Å². The second kappa shape index (κ2) is 9.58. The van der Waals surface area contributed by atoms with Gasteiger partial charge >= 0.3 is 0 Å². The van der Waals surface area contributed by atoms with Crippen molar-refractivity contribution >= 4 is 35.0 Å². The number of thiazole rings is 1. The number of carbonyl (C=O) groups excluding carboxylic acids is 1. The summed E-state index contributed by atoms with van der Waals surface area (Å²) in [7, 11) is 0. The summed E-state index contributed by atoms with van der Waals surface area (Å²) in [4.78, 5) is 32.1. The number of likely N-dealkylation sites (tertiary alicyclic amines) is 1. The molecule has 1 saturated heterocycles. The first-order valence-corrected chi connectivity index (χ1v) is 10.9. The smallest absolute Gasteiger partial charge is 0.246 e. The molecule has 30 heavy (non-hydrogen) atoms. The summed E-state index contributed by atoms with van der Waals surface area (Å²) in [5, 5.41) is 6.10. The Morgan fingerprint density at radius 1 is 1.27 bits per heavy atom. The Morgan fingerprint density at radius 3 is 2.93 bits per heavy atom. The minimum Gasteiger partial charge on any atom is -0.339 e. The number of nitrogens with zero attached hydrogens (tertiary/aromatic N) is 5. The zero-order chi connectivity index (χ0) is 20.8. The van der Waals surface area contributed by atoms with E-state index in [2.05, 4.69) is 25.3 Å². The van der Waals surface area contributed by atoms with Crippen LogP contribution in [0.15, 0.2) is 48.2 Å². The molecule has 4 heterocycles. The molecule has 0 bridgehead atoms. The van der Waals surface area contributed by atoms with Gasteiger partial charge in [-0.05, 0) is 50.3 Å². The molecule has 1 amide bonds. The highest BCUT2D eigenvalue weighted by molar-refractivity contribution is 7.09. The molecule has 3 aromatic heterocycles. The molecule has 1 atom stereocenters. The lowest BCUT2D eigenvalue weighted by Gasteiger charge is -2.32. The summed E-state index contributed by atoms with van der Waals surface area (Å²) in [6.45, 7) is 3.51. The van der Waals surface area contributed by atoms with E-state index >= 15 is 0 Å². The van der Waals surface area contributed by atoms with E-state index in [1.165, 1.54) is 0 Å². The average molecular weight is 421 g/mol. The summed E-state index contributed by atoms with van der Waals surface area (Å²) < 4.78 is 0. The summed E-state index contributed by atoms with van der Waals surface area (Å²) >= 11 is 1.59. The third-order valence-corrected chi connectivity index (χ3v) is 5.78. The number of aromatic nitrogens is 4. The van der Waals surface area contributed by atoms with Crippen molar-refractivity contribution in [2.24, 2.45) is 5.92 Å². The van der Waals surface area contributed by atoms with Crippen molar-refractivity contribution < 1.29 is 4.79 Å². The maximum absolute atomic E-state index is 12.6. The molecule has 1 unspecified atom stereocenters. The topological polar surface area (TPSA) is 83.9 Å². The first-order chi connectivity index (χ1) is 14.7. The second-order valence-electron chi connectivity index (χ2n) is 7.35. The highest BCUT2D eigenvalue weighted by Gasteiger charge is 2.23. The lowest BCUT2D eigenvalue weighted by atomic mass is 9.93. The molecular weight excluding hydrogens is 396 g/mol. The van der Waals surface area contributed by atoms with Crippen LogP contribution in [0.4, 0.5) is 11.6 Å². The van der Waals surface area contributed by atoms with Gasteiger partial charge in [-0.15, -0.1) is 11.3 Å². The average Bonchev–Trinajstić information content (AvgIpc) is 3.19. The number of rotatable bonds is 6. The van der Waals surface area contributed by atoms with Gasteiger partial charge in [0, 0.05) is 30.7 Å². The Labute approximate surface area is 179 Å². The van der Waals surface area contributed by atoms with Crippen LogP contribution in [-0.2, 0) is 11.2 Å². The van der Waals surface area contributed by atoms with E-state index in [9.17, 15) is 4.79 Å². The molecule has 8 heteroatoms. The van der Waals surface area contributed by atoms with E-state index in [1.807, 2.05) is 35.4 Å². The lowest BCUT2D eigenvalue weighted by molar-refractivity contribution is -0.127. The predicted molar refractivity (Wildman–Crippen MR) is 118 cm³/mol. The molecule has 0 spiro atoms. The summed E-state index contributed by atoms with van der Waals surface area (Å²) in [5.41, 5.74) is 1.78. The van der Waals surface area contributed by atoms with Crippen LogP contribution in [0.1, 0.15) is 29.2 Å². The molecule has 1 aliphatic rings. The van der Waals surface area contributed by atoms with Crippen LogP contribution in [0, 0.1) is 12.8 Å². The number of carbonyl (C=O) groups is 1. The number of piperidine rings is 1. The fourth-order valence-corrected chi connectivity index (χ4v) is 4.12. The minimum atomic E-state index is 0.0475. The van der Waals surface area contributed by atoms with Crippen LogP contribution in [0.25, 0.3) is 6.08 Å². The zero-order valence-electron chi connectivity index (χ0n) is 16.9. The molecule has 4 rings (SSSR count). The van der Waals surface area contributed by atoms with Crippen LogP contribution >= 0.6 is 11.3 Å². The van der Waals surface area contributed by atoms with Crippen LogP contribution in [0.3, 0.4) is 0 Å². The van der Waals surface area contributed by atoms with Crippen molar-refractivity contribution in [1.29, 1.82) is 0 Å². The molecule has 1 aliphatic heterocycles. The molecule has 0 aromatic carbocycles. The number of hydrogen-bond donors (Lipinski definition) is 1. The number of amides is 1. The van der Waals surface area contributed by atoms with Crippen molar-refractivity contribution in [2.75, 3.05) is 18.4 Å². The molecule has 1 N–H and O–H groups in total. The molecule has 7 nitrogen and oxygen atoms in total. The minimum absolute atomic E-state index is 0.0475. The van der Waals surface area contributed by atoms with Crippen LogP contribution in [0.2, 0.25) is 0 Å². The number of anilines is 2. The first kappa shape index (κ1) is 20.2. The highest BCUT2D eigenvalue weighted by Crippen LogP contribution is 2.21. The lowest BCUT2D eigenvalue weighted by Crippen LogP contribution is -2.39. The van der Waals surface area contributed by atoms with Crippen molar-refractivity contribution in [1.82, 2.24) is 24.8 Å². The van der Waals surface area contributed by atoms with Gasteiger partial charge in [-0.3, -0.25) is 9.78 Å². The Morgan fingerprint density at radius 2 is 2.20 bits per heavy atom. The molecule has 1 fully saturated rings. The Balaban J connectivity index is 1.31. The molecule has 154 valence electrons. The molecular formula is C22H24N6OS. The number of hydrogen-bond acceptors (Lipinski definition) is 7. The van der Waals surface area contributed by atoms with Gasteiger partial charge < -0.3 is 10.2 Å². The molecule has 0 aliphatic carbocycles. The van der Waals surface area contributed by atoms with Crippen molar-refractivity contribution in [3.05, 3.63) is 64.6 Å². The summed E-state index contributed by atoms with van der Waals surface area (Å²) in [5.74, 6) is 1.84. The Kier molecular flexibility index (Phi) is 6.44. The summed E-state index contributed by atoms with van der Waals surface area (Å²) in [6.07, 6.45) is 11.6. The number of aryl methyl sites for hydroxylation is 1. The number of nitrogens with one attached hydrogen (secondary N) is 1. The normalized spacial score (nSPS) is 16.7. The monoisotopic (exact) mass is 420 g/mol. The first-order valence-electron chi connectivity index (χ1n) is 10.0. The second-order valence-corrected chi connectivity index (χ2v) is 8.42. The van der Waals surface area contributed by atoms with Crippen LogP contribution in [0.5, 0.6) is 0 Å². The predicted octanol–water partition coefficient (Wildman–Crippen LogP) is 3.87. The van der Waals surface area contributed by atoms with Gasteiger partial charge in [0.2, 0.25) is 5.91 Å². The van der Waals surface area contributed by atoms with Crippen molar-refractivity contribution in [3.8, 4) is 0 Å². The Bertz CT molecular complexity index is 1000. The van der Waals surface area contributed by atoms with E-state index in [4.69, 9.17) is 0 Å². The maximum atomic E-state index is 12.6. The van der Waals surface area contributed by atoms with Gasteiger partial charge in [0.25, 0.3) is 0 Å². The van der Waals surface area contributed by atoms with Gasteiger partial charge in [0.1, 0.15) is 11.6 Å².